The molecule has 2 heterocycles. The van der Waals surface area contributed by atoms with Gasteiger partial charge in [0, 0.05) is 28.5 Å². The number of halogens is 1. The van der Waals surface area contributed by atoms with E-state index in [1.54, 1.807) is 23.5 Å². The zero-order chi connectivity index (χ0) is 20.9. The largest absolute Gasteiger partial charge is 0.487 e. The summed E-state index contributed by atoms with van der Waals surface area (Å²) in [4.78, 5) is 19.6. The number of amides is 1. The van der Waals surface area contributed by atoms with Crippen molar-refractivity contribution in [1.29, 1.82) is 0 Å². The molecule has 0 aliphatic carbocycles. The molecule has 2 aromatic carbocycles. The van der Waals surface area contributed by atoms with Gasteiger partial charge in [0.1, 0.15) is 12.4 Å². The number of rotatable bonds is 6. The number of nitrogens with one attached hydrogen (secondary N) is 1. The number of thiazole rings is 1. The standard InChI is InChI=1S/C22H22BrN3O3S/c1-15-24-18(14-30-15)13-29-19-4-2-3-16(11-19)22(27)25-20-12-17(23)5-6-21(20)26-7-9-28-10-8-26/h2-6,11-12,14H,7-10,13H2,1H3,(H,25,27). The first-order chi connectivity index (χ1) is 14.6. The van der Waals surface area contributed by atoms with Crippen molar-refractivity contribution in [1.82, 2.24) is 4.98 Å². The molecule has 4 rings (SSSR count). The number of carbonyl (C=O) groups excluding carboxylic acids is 1. The second kappa shape index (κ2) is 9.59. The lowest BCUT2D eigenvalue weighted by molar-refractivity contribution is 0.102. The Morgan fingerprint density at radius 3 is 2.87 bits per heavy atom. The summed E-state index contributed by atoms with van der Waals surface area (Å²) in [6.45, 7) is 5.30. The second-order valence-electron chi connectivity index (χ2n) is 6.89. The molecule has 1 aromatic heterocycles. The fourth-order valence-corrected chi connectivity index (χ4v) is 4.20. The van der Waals surface area contributed by atoms with Gasteiger partial charge in [-0.1, -0.05) is 22.0 Å². The van der Waals surface area contributed by atoms with E-state index in [2.05, 4.69) is 31.1 Å². The molecule has 156 valence electrons. The number of morpholine rings is 1. The van der Waals surface area contributed by atoms with Gasteiger partial charge in [0.25, 0.3) is 5.91 Å². The Bertz CT molecular complexity index is 1030. The van der Waals surface area contributed by atoms with E-state index in [1.165, 1.54) is 0 Å². The summed E-state index contributed by atoms with van der Waals surface area (Å²) in [5.41, 5.74) is 3.17. The van der Waals surface area contributed by atoms with E-state index in [4.69, 9.17) is 9.47 Å². The van der Waals surface area contributed by atoms with Crippen LogP contribution in [0.2, 0.25) is 0 Å². The molecule has 0 saturated carbocycles. The summed E-state index contributed by atoms with van der Waals surface area (Å²) in [5.74, 6) is 0.452. The maximum Gasteiger partial charge on any atom is 0.255 e. The zero-order valence-electron chi connectivity index (χ0n) is 16.6. The van der Waals surface area contributed by atoms with Crippen LogP contribution in [0.4, 0.5) is 11.4 Å². The van der Waals surface area contributed by atoms with Crippen LogP contribution in [0.15, 0.2) is 52.3 Å². The molecule has 30 heavy (non-hydrogen) atoms. The fourth-order valence-electron chi connectivity index (χ4n) is 3.24. The predicted octanol–water partition coefficient (Wildman–Crippen LogP) is 4.88. The average Bonchev–Trinajstić information content (AvgIpc) is 3.18. The highest BCUT2D eigenvalue weighted by atomic mass is 79.9. The minimum atomic E-state index is -0.183. The molecule has 1 aliphatic rings. The van der Waals surface area contributed by atoms with Crippen molar-refractivity contribution in [2.75, 3.05) is 36.5 Å². The summed E-state index contributed by atoms with van der Waals surface area (Å²) in [5, 5.41) is 6.04. The number of nitrogens with zero attached hydrogens (tertiary/aromatic N) is 2. The normalized spacial score (nSPS) is 13.9. The lowest BCUT2D eigenvalue weighted by atomic mass is 10.1. The summed E-state index contributed by atoms with van der Waals surface area (Å²) in [6, 6.07) is 13.1. The maximum atomic E-state index is 13.0. The summed E-state index contributed by atoms with van der Waals surface area (Å²) in [6.07, 6.45) is 0. The molecule has 6 nitrogen and oxygen atoms in total. The Morgan fingerprint density at radius 1 is 1.27 bits per heavy atom. The molecular weight excluding hydrogens is 466 g/mol. The molecule has 1 aliphatic heterocycles. The smallest absolute Gasteiger partial charge is 0.255 e. The first-order valence-electron chi connectivity index (χ1n) is 9.66. The van der Waals surface area contributed by atoms with Crippen LogP contribution in [0.25, 0.3) is 0 Å². The third kappa shape index (κ3) is 5.19. The molecule has 0 spiro atoms. The molecular formula is C22H22BrN3O3S. The fraction of sp³-hybridized carbons (Fsp3) is 0.273. The molecule has 0 unspecified atom stereocenters. The predicted molar refractivity (Wildman–Crippen MR) is 123 cm³/mol. The monoisotopic (exact) mass is 487 g/mol. The molecule has 0 bridgehead atoms. The minimum absolute atomic E-state index is 0.183. The first-order valence-corrected chi connectivity index (χ1v) is 11.3. The van der Waals surface area contributed by atoms with Gasteiger partial charge < -0.3 is 19.7 Å². The molecule has 8 heteroatoms. The SMILES string of the molecule is Cc1nc(COc2cccc(C(=O)Nc3cc(Br)ccc3N3CCOCC3)c2)cs1. The van der Waals surface area contributed by atoms with E-state index < -0.39 is 0 Å². The van der Waals surface area contributed by atoms with Crippen molar-refractivity contribution < 1.29 is 14.3 Å². The molecule has 1 N–H and O–H groups in total. The molecule has 3 aromatic rings. The van der Waals surface area contributed by atoms with Crippen molar-refractivity contribution in [3.05, 3.63) is 68.6 Å². The first kappa shape index (κ1) is 20.8. The highest BCUT2D eigenvalue weighted by Crippen LogP contribution is 2.30. The lowest BCUT2D eigenvalue weighted by Crippen LogP contribution is -2.36. The number of hydrogen-bond donors (Lipinski definition) is 1. The van der Waals surface area contributed by atoms with Crippen LogP contribution in [0.1, 0.15) is 21.1 Å². The van der Waals surface area contributed by atoms with Crippen molar-refractivity contribution in [2.24, 2.45) is 0 Å². The van der Waals surface area contributed by atoms with Crippen LogP contribution in [0.3, 0.4) is 0 Å². The quantitative estimate of drug-likeness (QED) is 0.536. The van der Waals surface area contributed by atoms with E-state index in [0.29, 0.717) is 31.1 Å². The minimum Gasteiger partial charge on any atom is -0.487 e. The lowest BCUT2D eigenvalue weighted by Gasteiger charge is -2.30. The summed E-state index contributed by atoms with van der Waals surface area (Å²) < 4.78 is 12.2. The van der Waals surface area contributed by atoms with E-state index in [-0.39, 0.29) is 5.91 Å². The van der Waals surface area contributed by atoms with E-state index >= 15 is 0 Å². The van der Waals surface area contributed by atoms with Crippen molar-refractivity contribution in [3.8, 4) is 5.75 Å². The summed E-state index contributed by atoms with van der Waals surface area (Å²) >= 11 is 5.10. The number of aromatic nitrogens is 1. The van der Waals surface area contributed by atoms with E-state index in [9.17, 15) is 4.79 Å². The average molecular weight is 488 g/mol. The molecule has 1 saturated heterocycles. The van der Waals surface area contributed by atoms with Crippen LogP contribution in [-0.2, 0) is 11.3 Å². The third-order valence-corrected chi connectivity index (χ3v) is 6.02. The van der Waals surface area contributed by atoms with Crippen LogP contribution in [-0.4, -0.2) is 37.2 Å². The van der Waals surface area contributed by atoms with Crippen LogP contribution < -0.4 is 15.0 Å². The maximum absolute atomic E-state index is 13.0. The van der Waals surface area contributed by atoms with E-state index in [1.807, 2.05) is 42.6 Å². The Labute approximate surface area is 188 Å². The topological polar surface area (TPSA) is 63.7 Å². The molecule has 1 amide bonds. The molecule has 1 fully saturated rings. The highest BCUT2D eigenvalue weighted by molar-refractivity contribution is 9.10. The van der Waals surface area contributed by atoms with Crippen LogP contribution in [0, 0.1) is 6.92 Å². The third-order valence-electron chi connectivity index (χ3n) is 4.71. The van der Waals surface area contributed by atoms with Gasteiger partial charge in [-0.2, -0.15) is 0 Å². The Kier molecular flexibility index (Phi) is 6.66. The number of ether oxygens (including phenoxy) is 2. The number of hydrogen-bond acceptors (Lipinski definition) is 6. The van der Waals surface area contributed by atoms with Gasteiger partial charge in [-0.15, -0.1) is 11.3 Å². The van der Waals surface area contributed by atoms with Gasteiger partial charge in [-0.05, 0) is 43.3 Å². The zero-order valence-corrected chi connectivity index (χ0v) is 19.0. The van der Waals surface area contributed by atoms with Crippen molar-refractivity contribution >= 4 is 44.5 Å². The molecule has 0 radical (unpaired) electrons. The second-order valence-corrected chi connectivity index (χ2v) is 8.87. The Morgan fingerprint density at radius 2 is 2.10 bits per heavy atom. The van der Waals surface area contributed by atoms with Gasteiger partial charge in [-0.25, -0.2) is 4.98 Å². The van der Waals surface area contributed by atoms with Gasteiger partial charge in [-0.3, -0.25) is 4.79 Å². The van der Waals surface area contributed by atoms with Crippen LogP contribution >= 0.6 is 27.3 Å². The highest BCUT2D eigenvalue weighted by Gasteiger charge is 2.17. The van der Waals surface area contributed by atoms with Gasteiger partial charge in [0.2, 0.25) is 0 Å². The van der Waals surface area contributed by atoms with E-state index in [0.717, 1.165) is 39.6 Å². The Balaban J connectivity index is 1.48. The number of carbonyl (C=O) groups is 1. The number of benzene rings is 2. The van der Waals surface area contributed by atoms with Crippen LogP contribution in [0.5, 0.6) is 5.75 Å². The number of aryl methyl sites for hydroxylation is 1. The van der Waals surface area contributed by atoms with Gasteiger partial charge in [0.05, 0.1) is 35.3 Å². The van der Waals surface area contributed by atoms with Gasteiger partial charge >= 0.3 is 0 Å². The summed E-state index contributed by atoms with van der Waals surface area (Å²) in [7, 11) is 0. The molecule has 0 atom stereocenters. The van der Waals surface area contributed by atoms with Gasteiger partial charge in [0.15, 0.2) is 0 Å². The Hall–Kier alpha value is -2.42. The number of anilines is 2. The van der Waals surface area contributed by atoms with Crippen molar-refractivity contribution in [3.63, 3.8) is 0 Å². The van der Waals surface area contributed by atoms with Crippen molar-refractivity contribution in [2.45, 2.75) is 13.5 Å².